The minimum atomic E-state index is -4.36. The van der Waals surface area contributed by atoms with Crippen LogP contribution in [-0.4, -0.2) is 9.97 Å². The van der Waals surface area contributed by atoms with Gasteiger partial charge in [-0.05, 0) is 42.8 Å². The summed E-state index contributed by atoms with van der Waals surface area (Å²) in [6.45, 7) is 1.89. The minimum Gasteiger partial charge on any atom is -0.256 e. The second-order valence-electron chi connectivity index (χ2n) is 5.18. The summed E-state index contributed by atoms with van der Waals surface area (Å²) in [5, 5.41) is 0. The Balaban J connectivity index is 2.01. The fraction of sp³-hybridized carbons (Fsp3) is 0.111. The van der Waals surface area contributed by atoms with E-state index in [4.69, 9.17) is 0 Å². The average molecular weight is 314 g/mol. The summed E-state index contributed by atoms with van der Waals surface area (Å²) in [5.41, 5.74) is 2.83. The van der Waals surface area contributed by atoms with Gasteiger partial charge >= 0.3 is 6.18 Å². The Morgan fingerprint density at radius 3 is 2.35 bits per heavy atom. The Morgan fingerprint density at radius 2 is 1.70 bits per heavy atom. The maximum atomic E-state index is 12.8. The molecule has 0 atom stereocenters. The number of benzene rings is 1. The number of aryl methyl sites for hydroxylation is 1. The smallest absolute Gasteiger partial charge is 0.256 e. The van der Waals surface area contributed by atoms with Gasteiger partial charge in [-0.2, -0.15) is 13.2 Å². The topological polar surface area (TPSA) is 25.8 Å². The van der Waals surface area contributed by atoms with E-state index in [1.807, 2.05) is 25.1 Å². The monoisotopic (exact) mass is 314 g/mol. The number of nitrogens with zero attached hydrogens (tertiary/aromatic N) is 2. The van der Waals surface area contributed by atoms with Crippen molar-refractivity contribution in [2.45, 2.75) is 13.1 Å². The number of halogens is 3. The lowest BCUT2D eigenvalue weighted by Gasteiger charge is -2.10. The van der Waals surface area contributed by atoms with Crippen molar-refractivity contribution in [2.75, 3.05) is 0 Å². The van der Waals surface area contributed by atoms with Gasteiger partial charge in [-0.15, -0.1) is 0 Å². The molecule has 0 spiro atoms. The largest absolute Gasteiger partial charge is 0.416 e. The fourth-order valence-corrected chi connectivity index (χ4v) is 2.36. The number of rotatable bonds is 2. The van der Waals surface area contributed by atoms with Crippen LogP contribution in [0.4, 0.5) is 13.2 Å². The highest BCUT2D eigenvalue weighted by molar-refractivity contribution is 5.68. The lowest BCUT2D eigenvalue weighted by molar-refractivity contribution is -0.137. The van der Waals surface area contributed by atoms with Gasteiger partial charge in [0.05, 0.1) is 17.0 Å². The summed E-state index contributed by atoms with van der Waals surface area (Å²) in [4.78, 5) is 8.57. The molecule has 116 valence electrons. The zero-order chi connectivity index (χ0) is 16.4. The molecule has 2 heterocycles. The van der Waals surface area contributed by atoms with Crippen molar-refractivity contribution in [3.8, 4) is 22.5 Å². The Kier molecular flexibility index (Phi) is 3.86. The SMILES string of the molecule is Cc1cc(-c2cccc(C(F)(F)F)c2)ncc1-c1ccccn1. The van der Waals surface area contributed by atoms with Crippen LogP contribution >= 0.6 is 0 Å². The third-order valence-corrected chi connectivity index (χ3v) is 3.54. The van der Waals surface area contributed by atoms with Crippen LogP contribution in [0.1, 0.15) is 11.1 Å². The zero-order valence-corrected chi connectivity index (χ0v) is 12.3. The van der Waals surface area contributed by atoms with Crippen molar-refractivity contribution in [1.82, 2.24) is 9.97 Å². The van der Waals surface area contributed by atoms with Crippen LogP contribution < -0.4 is 0 Å². The quantitative estimate of drug-likeness (QED) is 0.654. The van der Waals surface area contributed by atoms with Crippen molar-refractivity contribution in [1.29, 1.82) is 0 Å². The molecule has 0 bridgehead atoms. The molecule has 0 aliphatic rings. The van der Waals surface area contributed by atoms with E-state index in [0.29, 0.717) is 11.3 Å². The normalized spacial score (nSPS) is 11.5. The summed E-state index contributed by atoms with van der Waals surface area (Å²) < 4.78 is 38.5. The lowest BCUT2D eigenvalue weighted by Crippen LogP contribution is -2.04. The van der Waals surface area contributed by atoms with Crippen molar-refractivity contribution in [3.05, 3.63) is 72.1 Å². The van der Waals surface area contributed by atoms with Crippen LogP contribution in [0.25, 0.3) is 22.5 Å². The lowest BCUT2D eigenvalue weighted by atomic mass is 10.0. The fourth-order valence-electron chi connectivity index (χ4n) is 2.36. The molecule has 1 aromatic carbocycles. The van der Waals surface area contributed by atoms with Crippen molar-refractivity contribution in [2.24, 2.45) is 0 Å². The molecule has 0 radical (unpaired) electrons. The molecule has 3 aromatic rings. The van der Waals surface area contributed by atoms with Crippen molar-refractivity contribution >= 4 is 0 Å². The van der Waals surface area contributed by atoms with E-state index in [0.717, 1.165) is 29.0 Å². The van der Waals surface area contributed by atoms with E-state index in [9.17, 15) is 13.2 Å². The Labute approximate surface area is 131 Å². The van der Waals surface area contributed by atoms with Crippen LogP contribution in [0.3, 0.4) is 0 Å². The molecule has 2 nitrogen and oxygen atoms in total. The Hall–Kier alpha value is -2.69. The second-order valence-corrected chi connectivity index (χ2v) is 5.18. The predicted molar refractivity (Wildman–Crippen MR) is 82.6 cm³/mol. The first-order valence-corrected chi connectivity index (χ1v) is 7.01. The first-order chi connectivity index (χ1) is 10.9. The molecule has 3 rings (SSSR count). The van der Waals surface area contributed by atoms with Crippen LogP contribution in [-0.2, 0) is 6.18 Å². The molecule has 23 heavy (non-hydrogen) atoms. The third kappa shape index (κ3) is 3.23. The molecular weight excluding hydrogens is 301 g/mol. The number of hydrogen-bond donors (Lipinski definition) is 0. The summed E-state index contributed by atoms with van der Waals surface area (Å²) in [5.74, 6) is 0. The van der Waals surface area contributed by atoms with Crippen LogP contribution in [0, 0.1) is 6.92 Å². The number of pyridine rings is 2. The van der Waals surface area contributed by atoms with E-state index < -0.39 is 11.7 Å². The van der Waals surface area contributed by atoms with Gasteiger partial charge in [0.2, 0.25) is 0 Å². The van der Waals surface area contributed by atoms with E-state index in [2.05, 4.69) is 9.97 Å². The highest BCUT2D eigenvalue weighted by Gasteiger charge is 2.30. The molecule has 0 aliphatic carbocycles. The first-order valence-electron chi connectivity index (χ1n) is 7.01. The maximum absolute atomic E-state index is 12.8. The van der Waals surface area contributed by atoms with Gasteiger partial charge in [-0.25, -0.2) is 0 Å². The summed E-state index contributed by atoms with van der Waals surface area (Å²) in [7, 11) is 0. The van der Waals surface area contributed by atoms with Gasteiger partial charge in [0.1, 0.15) is 0 Å². The molecule has 0 unspecified atom stereocenters. The highest BCUT2D eigenvalue weighted by atomic mass is 19.4. The van der Waals surface area contributed by atoms with Gasteiger partial charge in [0, 0.05) is 23.5 Å². The van der Waals surface area contributed by atoms with Gasteiger partial charge in [-0.1, -0.05) is 18.2 Å². The van der Waals surface area contributed by atoms with Gasteiger partial charge < -0.3 is 0 Å². The first kappa shape index (κ1) is 15.2. The zero-order valence-electron chi connectivity index (χ0n) is 12.3. The molecule has 0 saturated heterocycles. The average Bonchev–Trinajstić information content (AvgIpc) is 2.55. The summed E-state index contributed by atoms with van der Waals surface area (Å²) in [6.07, 6.45) is -1.03. The number of aromatic nitrogens is 2. The molecule has 2 aromatic heterocycles. The molecule has 0 amide bonds. The molecule has 5 heteroatoms. The molecule has 0 saturated carbocycles. The van der Waals surface area contributed by atoms with E-state index >= 15 is 0 Å². The highest BCUT2D eigenvalue weighted by Crippen LogP contribution is 2.32. The number of alkyl halides is 3. The standard InChI is InChI=1S/C18H13F3N2/c1-12-9-17(13-5-4-6-14(10-13)18(19,20)21)23-11-15(12)16-7-2-3-8-22-16/h2-11H,1H3. The Bertz CT molecular complexity index is 827. The molecule has 0 fully saturated rings. The molecule has 0 N–H and O–H groups in total. The van der Waals surface area contributed by atoms with Gasteiger partial charge in [0.25, 0.3) is 0 Å². The summed E-state index contributed by atoms with van der Waals surface area (Å²) in [6, 6.07) is 12.5. The van der Waals surface area contributed by atoms with Gasteiger partial charge in [0.15, 0.2) is 0 Å². The van der Waals surface area contributed by atoms with Crippen LogP contribution in [0.15, 0.2) is 60.9 Å². The maximum Gasteiger partial charge on any atom is 0.416 e. The predicted octanol–water partition coefficient (Wildman–Crippen LogP) is 5.14. The van der Waals surface area contributed by atoms with E-state index in [-0.39, 0.29) is 0 Å². The van der Waals surface area contributed by atoms with Crippen molar-refractivity contribution in [3.63, 3.8) is 0 Å². The van der Waals surface area contributed by atoms with Crippen molar-refractivity contribution < 1.29 is 13.2 Å². The minimum absolute atomic E-state index is 0.440. The van der Waals surface area contributed by atoms with Crippen LogP contribution in [0.5, 0.6) is 0 Å². The van der Waals surface area contributed by atoms with E-state index in [1.54, 1.807) is 24.5 Å². The number of hydrogen-bond acceptors (Lipinski definition) is 2. The summed E-state index contributed by atoms with van der Waals surface area (Å²) >= 11 is 0. The van der Waals surface area contributed by atoms with E-state index in [1.165, 1.54) is 6.07 Å². The third-order valence-electron chi connectivity index (χ3n) is 3.54. The van der Waals surface area contributed by atoms with Gasteiger partial charge in [-0.3, -0.25) is 9.97 Å². The molecule has 0 aliphatic heterocycles. The van der Waals surface area contributed by atoms with Crippen LogP contribution in [0.2, 0.25) is 0 Å². The Morgan fingerprint density at radius 1 is 0.870 bits per heavy atom. The molecular formula is C18H13F3N2. The second kappa shape index (κ2) is 5.83.